The van der Waals surface area contributed by atoms with Crippen LogP contribution in [0, 0.1) is 5.92 Å². The number of carbonyl (C=O) groups is 1. The van der Waals surface area contributed by atoms with Crippen LogP contribution in [-0.4, -0.2) is 5.78 Å². The first-order chi connectivity index (χ1) is 6.09. The molecule has 0 atom stereocenters. The summed E-state index contributed by atoms with van der Waals surface area (Å²) in [6, 6.07) is 7.38. The number of carbonyl (C=O) groups excluding carboxylic acids is 1. The van der Waals surface area contributed by atoms with Crippen LogP contribution in [0.25, 0.3) is 0 Å². The molecule has 0 radical (unpaired) electrons. The van der Waals surface area contributed by atoms with Gasteiger partial charge in [0.25, 0.3) is 0 Å². The summed E-state index contributed by atoms with van der Waals surface area (Å²) in [6.45, 7) is 4.09. The maximum absolute atomic E-state index is 11.6. The molecule has 0 aromatic heterocycles. The molecule has 1 aromatic carbocycles. The van der Waals surface area contributed by atoms with Gasteiger partial charge in [-0.2, -0.15) is 0 Å². The number of benzene rings is 1. The maximum atomic E-state index is 11.6. The van der Waals surface area contributed by atoms with Crippen molar-refractivity contribution < 1.29 is 4.79 Å². The molecule has 0 saturated heterocycles. The second-order valence-corrected chi connectivity index (χ2v) is 4.09. The minimum absolute atomic E-state index is 0.200. The second kappa shape index (κ2) is 4.47. The first-order valence-corrected chi connectivity index (χ1v) is 4.86. The molecule has 0 N–H and O–H groups in total. The predicted octanol–water partition coefficient (Wildman–Crippen LogP) is 3.20. The van der Waals surface area contributed by atoms with Crippen LogP contribution in [0.3, 0.4) is 0 Å². The highest BCUT2D eigenvalue weighted by Crippen LogP contribution is 2.13. The maximum Gasteiger partial charge on any atom is 0.163 e. The lowest BCUT2D eigenvalue weighted by Crippen LogP contribution is -2.03. The summed E-state index contributed by atoms with van der Waals surface area (Å²) in [5.74, 6) is 0.613. The normalized spacial score (nSPS) is 10.5. The Balaban J connectivity index is 2.77. The minimum Gasteiger partial charge on any atom is -0.294 e. The SMILES string of the molecule is CC(C)CC(=O)c1cccc(S)c1. The lowest BCUT2D eigenvalue weighted by molar-refractivity contribution is 0.0967. The van der Waals surface area contributed by atoms with Gasteiger partial charge >= 0.3 is 0 Å². The summed E-state index contributed by atoms with van der Waals surface area (Å²) in [6.07, 6.45) is 0.608. The molecule has 0 spiro atoms. The zero-order valence-corrected chi connectivity index (χ0v) is 8.84. The molecule has 1 aromatic rings. The molecular formula is C11H14OS. The Morgan fingerprint density at radius 2 is 2.15 bits per heavy atom. The van der Waals surface area contributed by atoms with E-state index in [9.17, 15) is 4.79 Å². The van der Waals surface area contributed by atoms with Gasteiger partial charge in [-0.1, -0.05) is 26.0 Å². The van der Waals surface area contributed by atoms with Crippen molar-refractivity contribution in [1.82, 2.24) is 0 Å². The average molecular weight is 194 g/mol. The van der Waals surface area contributed by atoms with Crippen LogP contribution in [0.2, 0.25) is 0 Å². The van der Waals surface area contributed by atoms with E-state index in [1.807, 2.05) is 38.1 Å². The standard InChI is InChI=1S/C11H14OS/c1-8(2)6-11(12)9-4-3-5-10(13)7-9/h3-5,7-8,13H,6H2,1-2H3. The number of Topliss-reactive ketones (excluding diaryl/α,β-unsaturated/α-hetero) is 1. The smallest absolute Gasteiger partial charge is 0.163 e. The van der Waals surface area contributed by atoms with Crippen molar-refractivity contribution >= 4 is 18.4 Å². The first-order valence-electron chi connectivity index (χ1n) is 4.42. The lowest BCUT2D eigenvalue weighted by atomic mass is 10.0. The number of rotatable bonds is 3. The summed E-state index contributed by atoms with van der Waals surface area (Å²) in [5, 5.41) is 0. The number of ketones is 1. The molecule has 0 aliphatic rings. The van der Waals surface area contributed by atoms with Gasteiger partial charge in [0.15, 0.2) is 5.78 Å². The molecule has 0 aliphatic carbocycles. The van der Waals surface area contributed by atoms with Crippen molar-refractivity contribution in [3.8, 4) is 0 Å². The van der Waals surface area contributed by atoms with Gasteiger partial charge in [0.2, 0.25) is 0 Å². The Morgan fingerprint density at radius 1 is 1.46 bits per heavy atom. The Morgan fingerprint density at radius 3 is 2.69 bits per heavy atom. The molecule has 0 bridgehead atoms. The summed E-state index contributed by atoms with van der Waals surface area (Å²) >= 11 is 4.19. The fourth-order valence-electron chi connectivity index (χ4n) is 1.17. The van der Waals surface area contributed by atoms with E-state index in [2.05, 4.69) is 12.6 Å². The molecule has 1 nitrogen and oxygen atoms in total. The third-order valence-electron chi connectivity index (χ3n) is 1.76. The van der Waals surface area contributed by atoms with Crippen molar-refractivity contribution in [2.75, 3.05) is 0 Å². The summed E-state index contributed by atoms with van der Waals surface area (Å²) in [5.41, 5.74) is 0.765. The van der Waals surface area contributed by atoms with Crippen molar-refractivity contribution in [1.29, 1.82) is 0 Å². The van der Waals surface area contributed by atoms with Gasteiger partial charge in [0.05, 0.1) is 0 Å². The highest BCUT2D eigenvalue weighted by Gasteiger charge is 2.07. The van der Waals surface area contributed by atoms with E-state index in [-0.39, 0.29) is 5.78 Å². The molecule has 13 heavy (non-hydrogen) atoms. The van der Waals surface area contributed by atoms with E-state index in [1.165, 1.54) is 0 Å². The zero-order valence-electron chi connectivity index (χ0n) is 7.95. The molecule has 0 amide bonds. The fourth-order valence-corrected chi connectivity index (χ4v) is 1.39. The Kier molecular flexibility index (Phi) is 3.55. The second-order valence-electron chi connectivity index (χ2n) is 3.57. The molecule has 0 fully saturated rings. The van der Waals surface area contributed by atoms with Crippen molar-refractivity contribution in [3.63, 3.8) is 0 Å². The van der Waals surface area contributed by atoms with Crippen LogP contribution < -0.4 is 0 Å². The van der Waals surface area contributed by atoms with E-state index in [1.54, 1.807) is 0 Å². The van der Waals surface area contributed by atoms with Crippen LogP contribution in [0.4, 0.5) is 0 Å². The lowest BCUT2D eigenvalue weighted by Gasteiger charge is -2.03. The van der Waals surface area contributed by atoms with Gasteiger partial charge in [-0.3, -0.25) is 4.79 Å². The van der Waals surface area contributed by atoms with Crippen LogP contribution in [-0.2, 0) is 0 Å². The Bertz CT molecular complexity index is 305. The van der Waals surface area contributed by atoms with Gasteiger partial charge < -0.3 is 0 Å². The van der Waals surface area contributed by atoms with Gasteiger partial charge in [-0.25, -0.2) is 0 Å². The molecule has 0 heterocycles. The summed E-state index contributed by atoms with van der Waals surface area (Å²) in [4.78, 5) is 12.4. The van der Waals surface area contributed by atoms with Crippen molar-refractivity contribution in [2.45, 2.75) is 25.2 Å². The Labute approximate surface area is 84.6 Å². The first kappa shape index (κ1) is 10.3. The molecule has 1 rings (SSSR count). The number of hydrogen-bond donors (Lipinski definition) is 1. The fraction of sp³-hybridized carbons (Fsp3) is 0.364. The van der Waals surface area contributed by atoms with Gasteiger partial charge in [0.1, 0.15) is 0 Å². The zero-order chi connectivity index (χ0) is 9.84. The minimum atomic E-state index is 0.200. The van der Waals surface area contributed by atoms with Crippen LogP contribution in [0.15, 0.2) is 29.2 Å². The molecule has 0 aliphatic heterocycles. The van der Waals surface area contributed by atoms with Gasteiger partial charge in [0, 0.05) is 16.9 Å². The molecule has 0 unspecified atom stereocenters. The molecule has 2 heteroatoms. The monoisotopic (exact) mass is 194 g/mol. The van der Waals surface area contributed by atoms with Crippen LogP contribution in [0.1, 0.15) is 30.6 Å². The predicted molar refractivity (Wildman–Crippen MR) is 57.5 cm³/mol. The highest BCUT2D eigenvalue weighted by molar-refractivity contribution is 7.80. The van der Waals surface area contributed by atoms with Crippen LogP contribution >= 0.6 is 12.6 Å². The van der Waals surface area contributed by atoms with Crippen LogP contribution in [0.5, 0.6) is 0 Å². The molecule has 70 valence electrons. The summed E-state index contributed by atoms with van der Waals surface area (Å²) < 4.78 is 0. The quantitative estimate of drug-likeness (QED) is 0.577. The average Bonchev–Trinajstić information content (AvgIpc) is 2.03. The third kappa shape index (κ3) is 3.23. The summed E-state index contributed by atoms with van der Waals surface area (Å²) in [7, 11) is 0. The largest absolute Gasteiger partial charge is 0.294 e. The topological polar surface area (TPSA) is 17.1 Å². The van der Waals surface area contributed by atoms with E-state index >= 15 is 0 Å². The van der Waals surface area contributed by atoms with Crippen molar-refractivity contribution in [2.24, 2.45) is 5.92 Å². The van der Waals surface area contributed by atoms with Crippen molar-refractivity contribution in [3.05, 3.63) is 29.8 Å². The van der Waals surface area contributed by atoms with Gasteiger partial charge in [-0.05, 0) is 18.1 Å². The van der Waals surface area contributed by atoms with E-state index < -0.39 is 0 Å². The Hall–Kier alpha value is -0.760. The molecular weight excluding hydrogens is 180 g/mol. The molecule has 0 saturated carbocycles. The van der Waals surface area contributed by atoms with E-state index in [4.69, 9.17) is 0 Å². The van der Waals surface area contributed by atoms with E-state index in [0.717, 1.165) is 10.5 Å². The number of hydrogen-bond acceptors (Lipinski definition) is 2. The number of thiol groups is 1. The van der Waals surface area contributed by atoms with Gasteiger partial charge in [-0.15, -0.1) is 12.6 Å². The van der Waals surface area contributed by atoms with E-state index in [0.29, 0.717) is 12.3 Å². The highest BCUT2D eigenvalue weighted by atomic mass is 32.1. The third-order valence-corrected chi connectivity index (χ3v) is 2.04.